The molecule has 0 spiro atoms. The van der Waals surface area contributed by atoms with Gasteiger partial charge in [-0.2, -0.15) is 5.10 Å². The molecular formula is C22H18BrN3O3. The molecule has 0 aliphatic heterocycles. The Kier molecular flexibility index (Phi) is 6.76. The number of benzene rings is 3. The van der Waals surface area contributed by atoms with Crippen LogP contribution in [0.3, 0.4) is 0 Å². The summed E-state index contributed by atoms with van der Waals surface area (Å²) in [6.07, 6.45) is 1.56. The van der Waals surface area contributed by atoms with Gasteiger partial charge in [-0.15, -0.1) is 0 Å². The number of hydrogen-bond acceptors (Lipinski definition) is 4. The Bertz CT molecular complexity index is 1010. The second kappa shape index (κ2) is 9.66. The van der Waals surface area contributed by atoms with E-state index in [1.807, 2.05) is 24.3 Å². The van der Waals surface area contributed by atoms with Gasteiger partial charge < -0.3 is 10.1 Å². The zero-order chi connectivity index (χ0) is 20.6. The van der Waals surface area contributed by atoms with Crippen LogP contribution >= 0.6 is 15.9 Å². The molecule has 0 unspecified atom stereocenters. The van der Waals surface area contributed by atoms with Crippen LogP contribution in [0.15, 0.2) is 82.4 Å². The molecule has 3 aromatic carbocycles. The van der Waals surface area contributed by atoms with Gasteiger partial charge in [0.05, 0.1) is 13.3 Å². The van der Waals surface area contributed by atoms with E-state index < -0.39 is 0 Å². The Labute approximate surface area is 176 Å². The quantitative estimate of drug-likeness (QED) is 0.428. The first kappa shape index (κ1) is 20.3. The lowest BCUT2D eigenvalue weighted by Gasteiger charge is -2.07. The third-order valence-electron chi connectivity index (χ3n) is 4.01. The first-order valence-electron chi connectivity index (χ1n) is 8.69. The van der Waals surface area contributed by atoms with Gasteiger partial charge >= 0.3 is 0 Å². The van der Waals surface area contributed by atoms with Crippen LogP contribution in [0.1, 0.15) is 26.3 Å². The molecule has 0 aliphatic rings. The Morgan fingerprint density at radius 2 is 1.45 bits per heavy atom. The lowest BCUT2D eigenvalue weighted by Crippen LogP contribution is -2.17. The molecule has 6 nitrogen and oxygen atoms in total. The van der Waals surface area contributed by atoms with Crippen LogP contribution in [0.4, 0.5) is 5.69 Å². The Morgan fingerprint density at radius 3 is 2.07 bits per heavy atom. The maximum absolute atomic E-state index is 12.3. The molecule has 7 heteroatoms. The van der Waals surface area contributed by atoms with E-state index in [1.165, 1.54) is 0 Å². The van der Waals surface area contributed by atoms with Gasteiger partial charge in [0, 0.05) is 21.3 Å². The van der Waals surface area contributed by atoms with Crippen molar-refractivity contribution in [3.63, 3.8) is 0 Å². The molecule has 0 saturated heterocycles. The SMILES string of the molecule is COc1ccc(C(=O)Nc2ccc(C(=O)N/N=C/c3ccc(Br)cc3)cc2)cc1. The molecule has 0 aromatic heterocycles. The van der Waals surface area contributed by atoms with Crippen LogP contribution in [0.5, 0.6) is 5.75 Å². The predicted molar refractivity (Wildman–Crippen MR) is 117 cm³/mol. The second-order valence-electron chi connectivity index (χ2n) is 6.01. The number of hydrogen-bond donors (Lipinski definition) is 2. The summed E-state index contributed by atoms with van der Waals surface area (Å²) < 4.78 is 6.05. The number of anilines is 1. The maximum atomic E-state index is 12.3. The van der Waals surface area contributed by atoms with Gasteiger partial charge in [-0.1, -0.05) is 28.1 Å². The molecular weight excluding hydrogens is 434 g/mol. The number of rotatable bonds is 6. The molecule has 0 heterocycles. The number of amides is 2. The number of methoxy groups -OCH3 is 1. The van der Waals surface area contributed by atoms with Crippen molar-refractivity contribution in [2.75, 3.05) is 12.4 Å². The normalized spacial score (nSPS) is 10.6. The third kappa shape index (κ3) is 5.76. The maximum Gasteiger partial charge on any atom is 0.271 e. The summed E-state index contributed by atoms with van der Waals surface area (Å²) in [6.45, 7) is 0. The first-order valence-corrected chi connectivity index (χ1v) is 9.49. The number of halogens is 1. The molecule has 0 saturated carbocycles. The largest absolute Gasteiger partial charge is 0.497 e. The summed E-state index contributed by atoms with van der Waals surface area (Å²) in [5, 5.41) is 6.74. The molecule has 146 valence electrons. The van der Waals surface area contributed by atoms with Gasteiger partial charge in [0.15, 0.2) is 0 Å². The monoisotopic (exact) mass is 451 g/mol. The van der Waals surface area contributed by atoms with Gasteiger partial charge in [0.1, 0.15) is 5.75 Å². The van der Waals surface area contributed by atoms with Crippen LogP contribution in [0, 0.1) is 0 Å². The summed E-state index contributed by atoms with van der Waals surface area (Å²) in [5.41, 5.74) is 4.87. The molecule has 3 aromatic rings. The summed E-state index contributed by atoms with van der Waals surface area (Å²) in [6, 6.07) is 20.9. The molecule has 0 bridgehead atoms. The zero-order valence-electron chi connectivity index (χ0n) is 15.6. The van der Waals surface area contributed by atoms with E-state index in [2.05, 4.69) is 31.8 Å². The number of nitrogens with zero attached hydrogens (tertiary/aromatic N) is 1. The van der Waals surface area contributed by atoms with Crippen molar-refractivity contribution in [1.29, 1.82) is 0 Å². The molecule has 2 N–H and O–H groups in total. The van der Waals surface area contributed by atoms with E-state index in [0.29, 0.717) is 22.6 Å². The van der Waals surface area contributed by atoms with Crippen molar-refractivity contribution >= 4 is 39.6 Å². The number of carbonyl (C=O) groups excluding carboxylic acids is 2. The lowest BCUT2D eigenvalue weighted by atomic mass is 10.1. The number of carbonyl (C=O) groups is 2. The van der Waals surface area contributed by atoms with Gasteiger partial charge in [-0.3, -0.25) is 9.59 Å². The first-order chi connectivity index (χ1) is 14.0. The highest BCUT2D eigenvalue weighted by molar-refractivity contribution is 9.10. The highest BCUT2D eigenvalue weighted by Crippen LogP contribution is 2.15. The van der Waals surface area contributed by atoms with Gasteiger partial charge in [-0.05, 0) is 66.2 Å². The molecule has 0 radical (unpaired) electrons. The highest BCUT2D eigenvalue weighted by Gasteiger charge is 2.08. The third-order valence-corrected chi connectivity index (χ3v) is 4.54. The average Bonchev–Trinajstić information content (AvgIpc) is 2.75. The fourth-order valence-electron chi connectivity index (χ4n) is 2.43. The van der Waals surface area contributed by atoms with Crippen LogP contribution in [0.2, 0.25) is 0 Å². The van der Waals surface area contributed by atoms with Crippen molar-refractivity contribution in [3.8, 4) is 5.75 Å². The van der Waals surface area contributed by atoms with Crippen LogP contribution in [0.25, 0.3) is 0 Å². The average molecular weight is 452 g/mol. The van der Waals surface area contributed by atoms with Crippen LogP contribution < -0.4 is 15.5 Å². The molecule has 0 atom stereocenters. The number of ether oxygens (including phenoxy) is 1. The van der Waals surface area contributed by atoms with Crippen molar-refractivity contribution in [1.82, 2.24) is 5.43 Å². The lowest BCUT2D eigenvalue weighted by molar-refractivity contribution is 0.0954. The van der Waals surface area contributed by atoms with Crippen molar-refractivity contribution in [2.24, 2.45) is 5.10 Å². The van der Waals surface area contributed by atoms with E-state index >= 15 is 0 Å². The van der Waals surface area contributed by atoms with Crippen molar-refractivity contribution in [2.45, 2.75) is 0 Å². The Balaban J connectivity index is 1.56. The van der Waals surface area contributed by atoms with E-state index in [-0.39, 0.29) is 11.8 Å². The summed E-state index contributed by atoms with van der Waals surface area (Å²) in [5.74, 6) is 0.0926. The number of hydrazone groups is 1. The van der Waals surface area contributed by atoms with E-state index in [0.717, 1.165) is 10.0 Å². The summed E-state index contributed by atoms with van der Waals surface area (Å²) in [4.78, 5) is 24.4. The smallest absolute Gasteiger partial charge is 0.271 e. The van der Waals surface area contributed by atoms with E-state index in [1.54, 1.807) is 61.9 Å². The van der Waals surface area contributed by atoms with Crippen molar-refractivity contribution < 1.29 is 14.3 Å². The highest BCUT2D eigenvalue weighted by atomic mass is 79.9. The molecule has 2 amide bonds. The van der Waals surface area contributed by atoms with Gasteiger partial charge in [0.25, 0.3) is 11.8 Å². The van der Waals surface area contributed by atoms with Crippen LogP contribution in [-0.4, -0.2) is 25.1 Å². The summed E-state index contributed by atoms with van der Waals surface area (Å²) in [7, 11) is 1.57. The molecule has 3 rings (SSSR count). The molecule has 0 aliphatic carbocycles. The topological polar surface area (TPSA) is 79.8 Å². The molecule has 29 heavy (non-hydrogen) atoms. The minimum Gasteiger partial charge on any atom is -0.497 e. The minimum absolute atomic E-state index is 0.246. The fraction of sp³-hybridized carbons (Fsp3) is 0.0455. The van der Waals surface area contributed by atoms with Crippen molar-refractivity contribution in [3.05, 3.63) is 94.0 Å². The van der Waals surface area contributed by atoms with Gasteiger partial charge in [-0.25, -0.2) is 5.43 Å². The fourth-order valence-corrected chi connectivity index (χ4v) is 2.69. The summed E-state index contributed by atoms with van der Waals surface area (Å²) >= 11 is 3.36. The predicted octanol–water partition coefficient (Wildman–Crippen LogP) is 4.47. The number of nitrogens with one attached hydrogen (secondary N) is 2. The second-order valence-corrected chi connectivity index (χ2v) is 6.93. The van der Waals surface area contributed by atoms with Crippen LogP contribution in [-0.2, 0) is 0 Å². The standard InChI is InChI=1S/C22H18BrN3O3/c1-29-20-12-6-16(7-13-20)21(27)25-19-10-4-17(5-11-19)22(28)26-24-14-15-2-8-18(23)9-3-15/h2-14H,1H3,(H,25,27)(H,26,28)/b24-14+. The van der Waals surface area contributed by atoms with E-state index in [4.69, 9.17) is 4.74 Å². The minimum atomic E-state index is -0.341. The van der Waals surface area contributed by atoms with Gasteiger partial charge in [0.2, 0.25) is 0 Å². The zero-order valence-corrected chi connectivity index (χ0v) is 17.1. The Hall–Kier alpha value is -3.45. The van der Waals surface area contributed by atoms with E-state index in [9.17, 15) is 9.59 Å². The molecule has 0 fully saturated rings. The Morgan fingerprint density at radius 1 is 0.862 bits per heavy atom.